The first kappa shape index (κ1) is 13.1. The Hall–Kier alpha value is -2.86. The van der Waals surface area contributed by atoms with Crippen LogP contribution in [0.2, 0.25) is 0 Å². The Morgan fingerprint density at radius 1 is 1.05 bits per heavy atom. The normalized spacial score (nSPS) is 10.3. The Balaban J connectivity index is 2.00. The number of aromatic nitrogens is 1. The molecule has 102 valence electrons. The molecule has 3 heteroatoms. The number of pyridine rings is 1. The van der Waals surface area contributed by atoms with Gasteiger partial charge >= 0.3 is 0 Å². The molecule has 3 aromatic rings. The molecule has 1 heterocycles. The SMILES string of the molecule is CN(Cc1ccccc1)c1nc2ccccc2cc1C#N. The number of nitrogens with zero attached hydrogens (tertiary/aromatic N) is 3. The maximum atomic E-state index is 9.38. The summed E-state index contributed by atoms with van der Waals surface area (Å²) in [5.74, 6) is 0.722. The molecule has 21 heavy (non-hydrogen) atoms. The zero-order valence-corrected chi connectivity index (χ0v) is 11.8. The summed E-state index contributed by atoms with van der Waals surface area (Å²) < 4.78 is 0. The molecular formula is C18H15N3. The van der Waals surface area contributed by atoms with Crippen LogP contribution in [0.5, 0.6) is 0 Å². The third-order valence-electron chi connectivity index (χ3n) is 3.45. The van der Waals surface area contributed by atoms with Crippen molar-refractivity contribution in [2.45, 2.75) is 6.54 Å². The van der Waals surface area contributed by atoms with E-state index in [1.165, 1.54) is 5.56 Å². The second-order valence-corrected chi connectivity index (χ2v) is 5.01. The lowest BCUT2D eigenvalue weighted by molar-refractivity contribution is 0.900. The van der Waals surface area contributed by atoms with Crippen molar-refractivity contribution in [3.8, 4) is 6.07 Å². The van der Waals surface area contributed by atoms with Crippen molar-refractivity contribution >= 4 is 16.7 Å². The molecule has 0 saturated heterocycles. The maximum absolute atomic E-state index is 9.38. The van der Waals surface area contributed by atoms with Crippen LogP contribution in [0, 0.1) is 11.3 Å². The van der Waals surface area contributed by atoms with Crippen LogP contribution in [0.1, 0.15) is 11.1 Å². The molecule has 0 fully saturated rings. The summed E-state index contributed by atoms with van der Waals surface area (Å²) >= 11 is 0. The number of fused-ring (bicyclic) bond motifs is 1. The van der Waals surface area contributed by atoms with Crippen molar-refractivity contribution in [3.63, 3.8) is 0 Å². The molecule has 0 radical (unpaired) electrons. The van der Waals surface area contributed by atoms with Crippen molar-refractivity contribution in [1.29, 1.82) is 5.26 Å². The van der Waals surface area contributed by atoms with Gasteiger partial charge in [0.1, 0.15) is 11.9 Å². The highest BCUT2D eigenvalue weighted by atomic mass is 15.2. The van der Waals surface area contributed by atoms with E-state index in [0.29, 0.717) is 5.56 Å². The molecule has 0 unspecified atom stereocenters. The third-order valence-corrected chi connectivity index (χ3v) is 3.45. The van der Waals surface area contributed by atoms with Gasteiger partial charge in [0, 0.05) is 19.0 Å². The average molecular weight is 273 g/mol. The Labute approximate surface area is 124 Å². The minimum atomic E-state index is 0.604. The second-order valence-electron chi connectivity index (χ2n) is 5.01. The monoisotopic (exact) mass is 273 g/mol. The van der Waals surface area contributed by atoms with E-state index < -0.39 is 0 Å². The van der Waals surface area contributed by atoms with E-state index >= 15 is 0 Å². The summed E-state index contributed by atoms with van der Waals surface area (Å²) in [5, 5.41) is 10.4. The predicted octanol–water partition coefficient (Wildman–Crippen LogP) is 3.74. The van der Waals surface area contributed by atoms with Gasteiger partial charge in [-0.25, -0.2) is 4.98 Å². The zero-order valence-electron chi connectivity index (χ0n) is 11.8. The molecule has 0 atom stereocenters. The molecule has 0 bridgehead atoms. The van der Waals surface area contributed by atoms with Crippen LogP contribution in [0.25, 0.3) is 10.9 Å². The molecular weight excluding hydrogens is 258 g/mol. The highest BCUT2D eigenvalue weighted by molar-refractivity contribution is 5.83. The van der Waals surface area contributed by atoms with Crippen LogP contribution in [-0.2, 0) is 6.54 Å². The van der Waals surface area contributed by atoms with Crippen LogP contribution in [0.15, 0.2) is 60.7 Å². The number of nitriles is 1. The van der Waals surface area contributed by atoms with Gasteiger partial charge in [-0.2, -0.15) is 5.26 Å². The van der Waals surface area contributed by atoms with E-state index in [4.69, 9.17) is 0 Å². The van der Waals surface area contributed by atoms with E-state index in [0.717, 1.165) is 23.3 Å². The fourth-order valence-electron chi connectivity index (χ4n) is 2.41. The molecule has 0 spiro atoms. The molecule has 0 saturated carbocycles. The fraction of sp³-hybridized carbons (Fsp3) is 0.111. The standard InChI is InChI=1S/C18H15N3/c1-21(13-14-7-3-2-4-8-14)18-16(12-19)11-15-9-5-6-10-17(15)20-18/h2-11H,13H2,1H3. The first-order chi connectivity index (χ1) is 10.3. The molecule has 2 aromatic carbocycles. The molecule has 0 amide bonds. The van der Waals surface area contributed by atoms with E-state index in [1.54, 1.807) is 0 Å². The van der Waals surface area contributed by atoms with Crippen LogP contribution in [0.4, 0.5) is 5.82 Å². The van der Waals surface area contributed by atoms with E-state index in [1.807, 2.05) is 60.5 Å². The summed E-state index contributed by atoms with van der Waals surface area (Å²) in [6.45, 7) is 0.723. The highest BCUT2D eigenvalue weighted by Crippen LogP contribution is 2.23. The molecule has 0 aliphatic rings. The van der Waals surface area contributed by atoms with Gasteiger partial charge in [-0.15, -0.1) is 0 Å². The van der Waals surface area contributed by atoms with Gasteiger partial charge in [-0.3, -0.25) is 0 Å². The second kappa shape index (κ2) is 5.64. The summed E-state index contributed by atoms with van der Waals surface area (Å²) in [4.78, 5) is 6.66. The first-order valence-corrected chi connectivity index (χ1v) is 6.83. The Kier molecular flexibility index (Phi) is 3.53. The summed E-state index contributed by atoms with van der Waals surface area (Å²) in [6.07, 6.45) is 0. The third kappa shape index (κ3) is 2.70. The van der Waals surface area contributed by atoms with Gasteiger partial charge in [0.25, 0.3) is 0 Å². The number of hydrogen-bond acceptors (Lipinski definition) is 3. The van der Waals surface area contributed by atoms with E-state index in [-0.39, 0.29) is 0 Å². The van der Waals surface area contributed by atoms with Crippen LogP contribution in [0.3, 0.4) is 0 Å². The Bertz CT molecular complexity index is 804. The van der Waals surface area contributed by atoms with Crippen molar-refractivity contribution < 1.29 is 0 Å². The number of para-hydroxylation sites is 1. The summed E-state index contributed by atoms with van der Waals surface area (Å²) in [7, 11) is 1.96. The number of rotatable bonds is 3. The van der Waals surface area contributed by atoms with Crippen LogP contribution >= 0.6 is 0 Å². The minimum Gasteiger partial charge on any atom is -0.354 e. The average Bonchev–Trinajstić information content (AvgIpc) is 2.54. The van der Waals surface area contributed by atoms with E-state index in [9.17, 15) is 5.26 Å². The summed E-state index contributed by atoms with van der Waals surface area (Å²) in [6, 6.07) is 22.2. The number of hydrogen-bond donors (Lipinski definition) is 0. The quantitative estimate of drug-likeness (QED) is 0.729. The van der Waals surface area contributed by atoms with Gasteiger partial charge in [0.15, 0.2) is 0 Å². The largest absolute Gasteiger partial charge is 0.354 e. The van der Waals surface area contributed by atoms with Gasteiger partial charge in [-0.05, 0) is 17.7 Å². The minimum absolute atomic E-state index is 0.604. The number of anilines is 1. The lowest BCUT2D eigenvalue weighted by Crippen LogP contribution is -2.19. The number of benzene rings is 2. The summed E-state index contributed by atoms with van der Waals surface area (Å²) in [5.41, 5.74) is 2.71. The van der Waals surface area contributed by atoms with Gasteiger partial charge in [0.05, 0.1) is 11.1 Å². The van der Waals surface area contributed by atoms with Crippen molar-refractivity contribution in [2.24, 2.45) is 0 Å². The van der Waals surface area contributed by atoms with Crippen molar-refractivity contribution in [2.75, 3.05) is 11.9 Å². The first-order valence-electron chi connectivity index (χ1n) is 6.83. The van der Waals surface area contributed by atoms with Crippen LogP contribution < -0.4 is 4.90 Å². The lowest BCUT2D eigenvalue weighted by atomic mass is 10.1. The fourth-order valence-corrected chi connectivity index (χ4v) is 2.41. The van der Waals surface area contributed by atoms with Gasteiger partial charge in [0.2, 0.25) is 0 Å². The van der Waals surface area contributed by atoms with Gasteiger partial charge in [-0.1, -0.05) is 48.5 Å². The molecule has 0 aliphatic carbocycles. The highest BCUT2D eigenvalue weighted by Gasteiger charge is 2.11. The molecule has 0 aliphatic heterocycles. The molecule has 1 aromatic heterocycles. The topological polar surface area (TPSA) is 39.9 Å². The van der Waals surface area contributed by atoms with Crippen LogP contribution in [-0.4, -0.2) is 12.0 Å². The lowest BCUT2D eigenvalue weighted by Gasteiger charge is -2.20. The Morgan fingerprint density at radius 2 is 1.76 bits per heavy atom. The maximum Gasteiger partial charge on any atom is 0.147 e. The zero-order chi connectivity index (χ0) is 14.7. The molecule has 3 rings (SSSR count). The van der Waals surface area contributed by atoms with Crippen molar-refractivity contribution in [3.05, 3.63) is 71.8 Å². The van der Waals surface area contributed by atoms with Gasteiger partial charge < -0.3 is 4.90 Å². The smallest absolute Gasteiger partial charge is 0.147 e. The Morgan fingerprint density at radius 3 is 2.52 bits per heavy atom. The predicted molar refractivity (Wildman–Crippen MR) is 85.0 cm³/mol. The van der Waals surface area contributed by atoms with E-state index in [2.05, 4.69) is 23.2 Å². The van der Waals surface area contributed by atoms with Crippen molar-refractivity contribution in [1.82, 2.24) is 4.98 Å². The molecule has 3 nitrogen and oxygen atoms in total. The molecule has 0 N–H and O–H groups in total.